The molecule has 0 amide bonds. The van der Waals surface area contributed by atoms with Crippen LogP contribution in [0.4, 0.5) is 0 Å². The van der Waals surface area contributed by atoms with E-state index < -0.39 is 0 Å². The summed E-state index contributed by atoms with van der Waals surface area (Å²) in [5.74, 6) is 0.834. The molecule has 0 radical (unpaired) electrons. The SMILES string of the molecule is COc1ccc(-c2nnc3c4ccccc4n(CCc4ccccc4)cc2-3)cc1. The average Bonchev–Trinajstić information content (AvgIpc) is 3.22. The zero-order valence-corrected chi connectivity index (χ0v) is 16.2. The molecule has 3 aromatic carbocycles. The predicted molar refractivity (Wildman–Crippen MR) is 116 cm³/mol. The lowest BCUT2D eigenvalue weighted by Crippen LogP contribution is -2.05. The lowest BCUT2D eigenvalue weighted by molar-refractivity contribution is 0.415. The highest BCUT2D eigenvalue weighted by molar-refractivity contribution is 5.97. The summed E-state index contributed by atoms with van der Waals surface area (Å²) < 4.78 is 7.61. The van der Waals surface area contributed by atoms with Crippen LogP contribution in [0.5, 0.6) is 5.75 Å². The smallest absolute Gasteiger partial charge is 0.118 e. The maximum Gasteiger partial charge on any atom is 0.118 e. The molecule has 2 heterocycles. The van der Waals surface area contributed by atoms with E-state index in [0.29, 0.717) is 0 Å². The molecule has 3 aromatic rings. The minimum Gasteiger partial charge on any atom is -0.497 e. The summed E-state index contributed by atoms with van der Waals surface area (Å²) in [6.07, 6.45) is 3.17. The molecule has 0 atom stereocenters. The Bertz CT molecular complexity index is 1230. The molecule has 2 aliphatic heterocycles. The van der Waals surface area contributed by atoms with Gasteiger partial charge in [-0.25, -0.2) is 0 Å². The Kier molecular flexibility index (Phi) is 4.45. The lowest BCUT2D eigenvalue weighted by atomic mass is 10.0. The molecule has 4 heteroatoms. The fourth-order valence-corrected chi connectivity index (χ4v) is 3.83. The van der Waals surface area contributed by atoms with Crippen LogP contribution < -0.4 is 4.74 Å². The summed E-state index contributed by atoms with van der Waals surface area (Å²) in [6, 6.07) is 27.0. The van der Waals surface area contributed by atoms with Crippen molar-refractivity contribution in [1.82, 2.24) is 14.8 Å². The largest absolute Gasteiger partial charge is 0.497 e. The van der Waals surface area contributed by atoms with Crippen molar-refractivity contribution in [3.8, 4) is 28.3 Å². The molecule has 0 unspecified atom stereocenters. The molecular formula is C25H21N3O. The van der Waals surface area contributed by atoms with Gasteiger partial charge in [0.1, 0.15) is 17.1 Å². The van der Waals surface area contributed by atoms with E-state index in [2.05, 4.69) is 75.6 Å². The minimum absolute atomic E-state index is 0.834. The van der Waals surface area contributed by atoms with E-state index >= 15 is 0 Å². The van der Waals surface area contributed by atoms with Crippen LogP contribution in [0.2, 0.25) is 0 Å². The molecule has 0 bridgehead atoms. The predicted octanol–water partition coefficient (Wildman–Crippen LogP) is 5.45. The summed E-state index contributed by atoms with van der Waals surface area (Å²) in [7, 11) is 1.68. The molecule has 4 nitrogen and oxygen atoms in total. The first-order valence-corrected chi connectivity index (χ1v) is 9.76. The molecule has 5 rings (SSSR count). The van der Waals surface area contributed by atoms with Crippen LogP contribution in [0.1, 0.15) is 5.56 Å². The molecule has 0 spiro atoms. The summed E-state index contributed by atoms with van der Waals surface area (Å²) >= 11 is 0. The van der Waals surface area contributed by atoms with Crippen LogP contribution in [-0.4, -0.2) is 21.9 Å². The summed E-state index contributed by atoms with van der Waals surface area (Å²) in [5.41, 5.74) is 6.47. The number of aromatic nitrogens is 3. The summed E-state index contributed by atoms with van der Waals surface area (Å²) in [6.45, 7) is 0.897. The third-order valence-corrected chi connectivity index (χ3v) is 5.36. The first kappa shape index (κ1) is 17.4. The van der Waals surface area contributed by atoms with Crippen LogP contribution in [0, 0.1) is 0 Å². The minimum atomic E-state index is 0.834. The number of hydrogen-bond acceptors (Lipinski definition) is 3. The summed E-state index contributed by atoms with van der Waals surface area (Å²) in [5, 5.41) is 10.2. The van der Waals surface area contributed by atoms with Gasteiger partial charge < -0.3 is 9.30 Å². The first-order chi connectivity index (χ1) is 14.3. The number of benzene rings is 3. The molecule has 2 aliphatic rings. The van der Waals surface area contributed by atoms with Crippen molar-refractivity contribution in [3.05, 3.63) is 90.6 Å². The first-order valence-electron chi connectivity index (χ1n) is 9.76. The van der Waals surface area contributed by atoms with Gasteiger partial charge in [0.25, 0.3) is 0 Å². The fourth-order valence-electron chi connectivity index (χ4n) is 3.83. The zero-order chi connectivity index (χ0) is 19.6. The quantitative estimate of drug-likeness (QED) is 0.407. The van der Waals surface area contributed by atoms with Crippen molar-refractivity contribution in [2.24, 2.45) is 0 Å². The van der Waals surface area contributed by atoms with Crippen molar-refractivity contribution in [2.75, 3.05) is 7.11 Å². The van der Waals surface area contributed by atoms with Crippen molar-refractivity contribution in [1.29, 1.82) is 0 Å². The van der Waals surface area contributed by atoms with Crippen molar-refractivity contribution in [2.45, 2.75) is 13.0 Å². The molecule has 0 saturated carbocycles. The van der Waals surface area contributed by atoms with Crippen LogP contribution in [-0.2, 0) is 13.0 Å². The van der Waals surface area contributed by atoms with E-state index in [-0.39, 0.29) is 0 Å². The van der Waals surface area contributed by atoms with Gasteiger partial charge in [-0.15, -0.1) is 10.2 Å². The normalized spacial score (nSPS) is 11.2. The van der Waals surface area contributed by atoms with Gasteiger partial charge in [-0.2, -0.15) is 0 Å². The van der Waals surface area contributed by atoms with Gasteiger partial charge in [-0.3, -0.25) is 0 Å². The van der Waals surface area contributed by atoms with Crippen molar-refractivity contribution in [3.63, 3.8) is 0 Å². The van der Waals surface area contributed by atoms with Crippen LogP contribution in [0.15, 0.2) is 85.1 Å². The van der Waals surface area contributed by atoms with E-state index in [4.69, 9.17) is 4.74 Å². The Morgan fingerprint density at radius 3 is 2.31 bits per heavy atom. The molecule has 0 aromatic heterocycles. The number of fused-ring (bicyclic) bond motifs is 3. The van der Waals surface area contributed by atoms with E-state index in [9.17, 15) is 0 Å². The number of methoxy groups -OCH3 is 1. The summed E-state index contributed by atoms with van der Waals surface area (Å²) in [4.78, 5) is 0. The van der Waals surface area contributed by atoms with E-state index in [0.717, 1.165) is 46.6 Å². The Hall–Kier alpha value is -3.66. The van der Waals surface area contributed by atoms with Crippen LogP contribution in [0.25, 0.3) is 33.4 Å². The zero-order valence-electron chi connectivity index (χ0n) is 16.2. The molecule has 142 valence electrons. The number of rotatable bonds is 5. The van der Waals surface area contributed by atoms with Gasteiger partial charge in [-0.05, 0) is 42.3 Å². The fraction of sp³-hybridized carbons (Fsp3) is 0.120. The van der Waals surface area contributed by atoms with E-state index in [1.807, 2.05) is 24.3 Å². The van der Waals surface area contributed by atoms with E-state index in [1.54, 1.807) is 7.11 Å². The van der Waals surface area contributed by atoms with E-state index in [1.165, 1.54) is 11.1 Å². The van der Waals surface area contributed by atoms with Gasteiger partial charge in [0, 0.05) is 29.3 Å². The third-order valence-electron chi connectivity index (χ3n) is 5.36. The maximum absolute atomic E-state index is 5.28. The van der Waals surface area contributed by atoms with Gasteiger partial charge in [0.05, 0.1) is 12.6 Å². The Morgan fingerprint density at radius 1 is 0.793 bits per heavy atom. The van der Waals surface area contributed by atoms with Gasteiger partial charge in [-0.1, -0.05) is 48.5 Å². The van der Waals surface area contributed by atoms with Crippen LogP contribution in [0.3, 0.4) is 0 Å². The molecule has 0 N–H and O–H groups in total. The average molecular weight is 379 g/mol. The number of hydrogen-bond donors (Lipinski definition) is 0. The van der Waals surface area contributed by atoms with Crippen molar-refractivity contribution < 1.29 is 4.74 Å². The number of ether oxygens (including phenoxy) is 1. The monoisotopic (exact) mass is 379 g/mol. The number of pyridine rings is 1. The topological polar surface area (TPSA) is 39.9 Å². The van der Waals surface area contributed by atoms with Gasteiger partial charge in [0.15, 0.2) is 0 Å². The van der Waals surface area contributed by atoms with Gasteiger partial charge >= 0.3 is 0 Å². The highest BCUT2D eigenvalue weighted by Gasteiger charge is 2.19. The van der Waals surface area contributed by atoms with Crippen molar-refractivity contribution >= 4 is 10.9 Å². The Labute approximate surface area is 169 Å². The molecule has 0 saturated heterocycles. The molecular weight excluding hydrogens is 358 g/mol. The second kappa shape index (κ2) is 7.40. The highest BCUT2D eigenvalue weighted by atomic mass is 16.5. The Morgan fingerprint density at radius 2 is 1.52 bits per heavy atom. The third kappa shape index (κ3) is 3.23. The Balaban J connectivity index is 1.61. The second-order valence-electron chi connectivity index (χ2n) is 7.11. The molecule has 0 fully saturated rings. The maximum atomic E-state index is 5.28. The number of nitrogens with zero attached hydrogens (tertiary/aromatic N) is 3. The van der Waals surface area contributed by atoms with Gasteiger partial charge in [0.2, 0.25) is 0 Å². The second-order valence-corrected chi connectivity index (χ2v) is 7.11. The number of aryl methyl sites for hydroxylation is 2. The molecule has 0 aliphatic carbocycles. The standard InChI is InChI=1S/C25H21N3O/c1-29-20-13-11-19(12-14-20)24-22-17-28(16-15-18-7-3-2-4-8-18)23-10-6-5-9-21(23)25(22)27-26-24/h2-14,17H,15-16H2,1H3. The lowest BCUT2D eigenvalue weighted by Gasteiger charge is -2.15. The number of para-hydroxylation sites is 1. The van der Waals surface area contributed by atoms with Crippen LogP contribution >= 0.6 is 0 Å². The highest BCUT2D eigenvalue weighted by Crippen LogP contribution is 2.36. The molecule has 29 heavy (non-hydrogen) atoms.